The number of hydrogen-bond acceptors (Lipinski definition) is 6. The number of para-hydroxylation sites is 1. The number of likely N-dealkylation sites (tertiary alicyclic amines) is 1. The van der Waals surface area contributed by atoms with Gasteiger partial charge in [-0.25, -0.2) is 4.90 Å². The Morgan fingerprint density at radius 1 is 1.03 bits per heavy atom. The summed E-state index contributed by atoms with van der Waals surface area (Å²) in [5.74, 6) is 0.384. The Labute approximate surface area is 181 Å². The second kappa shape index (κ2) is 9.31. The first-order valence-electron chi connectivity index (χ1n) is 10.7. The van der Waals surface area contributed by atoms with Gasteiger partial charge < -0.3 is 9.47 Å². The van der Waals surface area contributed by atoms with Crippen molar-refractivity contribution in [3.05, 3.63) is 54.6 Å². The topological polar surface area (TPSA) is 76.2 Å². The predicted molar refractivity (Wildman–Crippen MR) is 115 cm³/mol. The zero-order chi connectivity index (χ0) is 21.8. The maximum absolute atomic E-state index is 13.1. The first-order chi connectivity index (χ1) is 15.1. The summed E-state index contributed by atoms with van der Waals surface area (Å²) >= 11 is 0. The van der Waals surface area contributed by atoms with E-state index in [0.717, 1.165) is 12.8 Å². The van der Waals surface area contributed by atoms with Gasteiger partial charge in [0.2, 0.25) is 5.91 Å². The van der Waals surface area contributed by atoms with E-state index in [1.807, 2.05) is 35.2 Å². The highest BCUT2D eigenvalue weighted by Crippen LogP contribution is 2.31. The van der Waals surface area contributed by atoms with Crippen LogP contribution in [0.25, 0.3) is 0 Å². The zero-order valence-corrected chi connectivity index (χ0v) is 17.5. The molecule has 2 atom stereocenters. The molecule has 7 heteroatoms. The molecule has 0 spiro atoms. The van der Waals surface area contributed by atoms with Crippen LogP contribution in [0.5, 0.6) is 11.5 Å². The van der Waals surface area contributed by atoms with Crippen molar-refractivity contribution < 1.29 is 23.9 Å². The highest BCUT2D eigenvalue weighted by Gasteiger charge is 2.44. The molecule has 2 fully saturated rings. The van der Waals surface area contributed by atoms with E-state index >= 15 is 0 Å². The molecule has 2 saturated heterocycles. The van der Waals surface area contributed by atoms with Crippen LogP contribution in [-0.2, 0) is 19.1 Å². The van der Waals surface area contributed by atoms with E-state index in [1.165, 1.54) is 4.90 Å². The molecule has 2 heterocycles. The van der Waals surface area contributed by atoms with Gasteiger partial charge in [0, 0.05) is 6.54 Å². The fourth-order valence-corrected chi connectivity index (χ4v) is 4.20. The summed E-state index contributed by atoms with van der Waals surface area (Å²) in [6.45, 7) is 3.26. The third-order valence-corrected chi connectivity index (χ3v) is 5.71. The first-order valence-corrected chi connectivity index (χ1v) is 10.7. The number of carbonyl (C=O) groups is 3. The van der Waals surface area contributed by atoms with Crippen LogP contribution in [0.4, 0.5) is 5.69 Å². The van der Waals surface area contributed by atoms with Crippen molar-refractivity contribution in [3.8, 4) is 11.5 Å². The van der Waals surface area contributed by atoms with Crippen LogP contribution in [0.1, 0.15) is 26.2 Å². The summed E-state index contributed by atoms with van der Waals surface area (Å²) < 4.78 is 10.9. The van der Waals surface area contributed by atoms with Crippen LogP contribution in [0.3, 0.4) is 0 Å². The van der Waals surface area contributed by atoms with Gasteiger partial charge in [-0.1, -0.05) is 18.2 Å². The molecule has 2 unspecified atom stereocenters. The number of imide groups is 1. The van der Waals surface area contributed by atoms with Crippen molar-refractivity contribution in [2.75, 3.05) is 24.6 Å². The molecule has 2 aromatic carbocycles. The third-order valence-electron chi connectivity index (χ3n) is 5.71. The Balaban J connectivity index is 1.44. The lowest BCUT2D eigenvalue weighted by Gasteiger charge is -2.34. The summed E-state index contributed by atoms with van der Waals surface area (Å²) in [7, 11) is 0. The molecule has 31 heavy (non-hydrogen) atoms. The minimum atomic E-state index is -0.537. The minimum Gasteiger partial charge on any atom is -0.466 e. The monoisotopic (exact) mass is 422 g/mol. The van der Waals surface area contributed by atoms with E-state index in [4.69, 9.17) is 9.47 Å². The summed E-state index contributed by atoms with van der Waals surface area (Å²) in [6.07, 6.45) is 1.67. The molecule has 162 valence electrons. The molecule has 2 aromatic rings. The molecule has 7 nitrogen and oxygen atoms in total. The average Bonchev–Trinajstić information content (AvgIpc) is 3.09. The molecule has 0 radical (unpaired) electrons. The second-order valence-corrected chi connectivity index (χ2v) is 7.78. The normalized spacial score (nSPS) is 21.9. The molecular weight excluding hydrogens is 396 g/mol. The number of piperidine rings is 1. The molecule has 2 aliphatic rings. The highest BCUT2D eigenvalue weighted by atomic mass is 16.5. The average molecular weight is 422 g/mol. The van der Waals surface area contributed by atoms with E-state index in [1.54, 1.807) is 31.2 Å². The van der Waals surface area contributed by atoms with Gasteiger partial charge in [-0.2, -0.15) is 0 Å². The Bertz CT molecular complexity index is 944. The molecule has 0 N–H and O–H groups in total. The second-order valence-electron chi connectivity index (χ2n) is 7.78. The number of carbonyl (C=O) groups excluding carboxylic acids is 3. The number of benzene rings is 2. The third kappa shape index (κ3) is 4.61. The van der Waals surface area contributed by atoms with Gasteiger partial charge in [0.25, 0.3) is 5.91 Å². The van der Waals surface area contributed by atoms with Gasteiger partial charge in [-0.15, -0.1) is 0 Å². The number of hydrogen-bond donors (Lipinski definition) is 0. The van der Waals surface area contributed by atoms with Gasteiger partial charge in [-0.3, -0.25) is 19.3 Å². The predicted octanol–water partition coefficient (Wildman–Crippen LogP) is 3.39. The quantitative estimate of drug-likeness (QED) is 0.525. The van der Waals surface area contributed by atoms with Crippen molar-refractivity contribution in [2.45, 2.75) is 32.2 Å². The summed E-state index contributed by atoms with van der Waals surface area (Å²) in [4.78, 5) is 41.1. The number of anilines is 1. The minimum absolute atomic E-state index is 0.122. The van der Waals surface area contributed by atoms with Crippen LogP contribution >= 0.6 is 0 Å². The van der Waals surface area contributed by atoms with E-state index < -0.39 is 6.04 Å². The molecule has 4 rings (SSSR count). The molecular formula is C24H26N2O5. The lowest BCUT2D eigenvalue weighted by molar-refractivity contribution is -0.150. The molecule has 0 aliphatic carbocycles. The fourth-order valence-electron chi connectivity index (χ4n) is 4.20. The van der Waals surface area contributed by atoms with Crippen LogP contribution in [0, 0.1) is 5.92 Å². The van der Waals surface area contributed by atoms with Crippen molar-refractivity contribution in [3.63, 3.8) is 0 Å². The molecule has 2 aliphatic heterocycles. The van der Waals surface area contributed by atoms with Crippen LogP contribution in [0.15, 0.2) is 54.6 Å². The molecule has 0 bridgehead atoms. The van der Waals surface area contributed by atoms with E-state index in [-0.39, 0.29) is 30.1 Å². The number of rotatable bonds is 6. The number of ether oxygens (including phenoxy) is 2. The van der Waals surface area contributed by atoms with Crippen LogP contribution < -0.4 is 9.64 Å². The molecule has 0 aromatic heterocycles. The smallest absolute Gasteiger partial charge is 0.310 e. The van der Waals surface area contributed by atoms with Gasteiger partial charge >= 0.3 is 5.97 Å². The molecule has 2 amide bonds. The largest absolute Gasteiger partial charge is 0.466 e. The van der Waals surface area contributed by atoms with Crippen LogP contribution in [-0.4, -0.2) is 48.4 Å². The lowest BCUT2D eigenvalue weighted by atomic mass is 9.96. The summed E-state index contributed by atoms with van der Waals surface area (Å²) in [6, 6.07) is 15.8. The fraction of sp³-hybridized carbons (Fsp3) is 0.375. The van der Waals surface area contributed by atoms with Gasteiger partial charge in [-0.05, 0) is 62.7 Å². The number of amides is 2. The highest BCUT2D eigenvalue weighted by molar-refractivity contribution is 6.22. The van der Waals surface area contributed by atoms with Gasteiger partial charge in [0.15, 0.2) is 0 Å². The zero-order valence-electron chi connectivity index (χ0n) is 17.5. The van der Waals surface area contributed by atoms with E-state index in [2.05, 4.69) is 0 Å². The number of esters is 1. The maximum Gasteiger partial charge on any atom is 0.310 e. The lowest BCUT2D eigenvalue weighted by Crippen LogP contribution is -2.48. The Kier molecular flexibility index (Phi) is 6.32. The first kappa shape index (κ1) is 21.1. The van der Waals surface area contributed by atoms with Crippen molar-refractivity contribution in [1.29, 1.82) is 0 Å². The Hall–Kier alpha value is -3.19. The van der Waals surface area contributed by atoms with Crippen molar-refractivity contribution in [1.82, 2.24) is 4.90 Å². The van der Waals surface area contributed by atoms with Gasteiger partial charge in [0.05, 0.1) is 30.7 Å². The Morgan fingerprint density at radius 2 is 1.74 bits per heavy atom. The van der Waals surface area contributed by atoms with Crippen molar-refractivity contribution in [2.24, 2.45) is 5.92 Å². The standard InChI is InChI=1S/C24H26N2O5/c1-2-30-24(29)17-7-6-14-25(16-17)21-15-22(27)26(23(21)28)18-10-12-20(13-11-18)31-19-8-4-3-5-9-19/h3-5,8-13,17,21H,2,6-7,14-16H2,1H3. The van der Waals surface area contributed by atoms with Gasteiger partial charge in [0.1, 0.15) is 11.5 Å². The summed E-state index contributed by atoms with van der Waals surface area (Å²) in [5.41, 5.74) is 0.525. The van der Waals surface area contributed by atoms with Crippen molar-refractivity contribution >= 4 is 23.5 Å². The van der Waals surface area contributed by atoms with E-state index in [0.29, 0.717) is 36.9 Å². The maximum atomic E-state index is 13.1. The summed E-state index contributed by atoms with van der Waals surface area (Å²) in [5, 5.41) is 0. The number of nitrogens with zero attached hydrogens (tertiary/aromatic N) is 2. The SMILES string of the molecule is CCOC(=O)C1CCCN(C2CC(=O)N(c3ccc(Oc4ccccc4)cc3)C2=O)C1. The molecule has 0 saturated carbocycles. The van der Waals surface area contributed by atoms with E-state index in [9.17, 15) is 14.4 Å². The Morgan fingerprint density at radius 3 is 2.45 bits per heavy atom. The van der Waals surface area contributed by atoms with Crippen LogP contribution in [0.2, 0.25) is 0 Å².